The lowest BCUT2D eigenvalue weighted by Gasteiger charge is -2.28. The van der Waals surface area contributed by atoms with Gasteiger partial charge in [0.1, 0.15) is 11.2 Å². The van der Waals surface area contributed by atoms with E-state index in [0.717, 1.165) is 50.1 Å². The molecule has 0 amide bonds. The number of furan rings is 1. The maximum Gasteiger partial charge on any atom is 0.136 e. The van der Waals surface area contributed by atoms with Crippen molar-refractivity contribution in [2.75, 3.05) is 4.90 Å². The lowest BCUT2D eigenvalue weighted by molar-refractivity contribution is 0.669. The van der Waals surface area contributed by atoms with Gasteiger partial charge in [0.2, 0.25) is 0 Å². The molecule has 0 radical (unpaired) electrons. The predicted octanol–water partition coefficient (Wildman–Crippen LogP) is 13.0. The number of benzene rings is 8. The van der Waals surface area contributed by atoms with Gasteiger partial charge in [-0.05, 0) is 83.2 Å². The number of fused-ring (bicyclic) bond motifs is 8. The van der Waals surface area contributed by atoms with Gasteiger partial charge in [-0.3, -0.25) is 0 Å². The highest BCUT2D eigenvalue weighted by Gasteiger charge is 2.23. The van der Waals surface area contributed by atoms with E-state index in [1.807, 2.05) is 6.07 Å². The van der Waals surface area contributed by atoms with Crippen LogP contribution in [0.3, 0.4) is 0 Å². The molecule has 3 heteroatoms. The average Bonchev–Trinajstić information content (AvgIpc) is 3.73. The molecular weight excluding hydrogens is 597 g/mol. The number of aromatic nitrogens is 1. The van der Waals surface area contributed by atoms with Crippen molar-refractivity contribution in [1.82, 2.24) is 4.57 Å². The Morgan fingerprint density at radius 1 is 0.367 bits per heavy atom. The molecule has 8 aromatic carbocycles. The van der Waals surface area contributed by atoms with Crippen molar-refractivity contribution in [3.63, 3.8) is 0 Å². The van der Waals surface area contributed by atoms with Gasteiger partial charge in [-0.25, -0.2) is 0 Å². The van der Waals surface area contributed by atoms with Crippen LogP contribution in [0.2, 0.25) is 0 Å². The number of nitrogens with zero attached hydrogens (tertiary/aromatic N) is 2. The summed E-state index contributed by atoms with van der Waals surface area (Å²) in [5.41, 5.74) is 11.0. The van der Waals surface area contributed by atoms with E-state index in [1.54, 1.807) is 0 Å². The standard InChI is InChI=1S/C46H30N2O/c1-3-13-31(14-4-1)32-25-27-34(28-26-32)48(39-21-11-19-36-35(39)29-30-44-45(36)38-18-8-10-24-43(38)49-44)42-23-12-22-41-46(42)37-17-7-9-20-40(37)47(41)33-15-5-2-6-16-33/h1-30H. The minimum Gasteiger partial charge on any atom is -0.456 e. The first-order valence-electron chi connectivity index (χ1n) is 16.7. The van der Waals surface area contributed by atoms with Crippen molar-refractivity contribution in [2.24, 2.45) is 0 Å². The number of rotatable bonds is 5. The van der Waals surface area contributed by atoms with E-state index in [9.17, 15) is 0 Å². The summed E-state index contributed by atoms with van der Waals surface area (Å²) in [5, 5.41) is 7.04. The average molecular weight is 627 g/mol. The fourth-order valence-electron chi connectivity index (χ4n) is 7.64. The van der Waals surface area contributed by atoms with Gasteiger partial charge in [0, 0.05) is 38.3 Å². The SMILES string of the molecule is c1ccc(-c2ccc(N(c3cccc4c3ccc3oc5ccccc5c34)c3cccc4c3c3ccccc3n4-c3ccccc3)cc2)cc1. The molecule has 0 fully saturated rings. The Bertz CT molecular complexity index is 2810. The van der Waals surface area contributed by atoms with Gasteiger partial charge in [-0.15, -0.1) is 0 Å². The van der Waals surface area contributed by atoms with Crippen molar-refractivity contribution >= 4 is 71.6 Å². The molecule has 10 rings (SSSR count). The molecule has 0 aliphatic carbocycles. The number of hydrogen-bond donors (Lipinski definition) is 0. The summed E-state index contributed by atoms with van der Waals surface area (Å²) in [6.45, 7) is 0. The normalized spacial score (nSPS) is 11.7. The van der Waals surface area contributed by atoms with Crippen molar-refractivity contribution in [1.29, 1.82) is 0 Å². The smallest absolute Gasteiger partial charge is 0.136 e. The highest BCUT2D eigenvalue weighted by Crippen LogP contribution is 2.47. The van der Waals surface area contributed by atoms with Crippen molar-refractivity contribution in [3.8, 4) is 16.8 Å². The Morgan fingerprint density at radius 2 is 1.00 bits per heavy atom. The van der Waals surface area contributed by atoms with E-state index in [4.69, 9.17) is 4.42 Å². The molecule has 49 heavy (non-hydrogen) atoms. The Hall–Kier alpha value is -6.58. The van der Waals surface area contributed by atoms with E-state index < -0.39 is 0 Å². The van der Waals surface area contributed by atoms with Crippen LogP contribution in [0.5, 0.6) is 0 Å². The van der Waals surface area contributed by atoms with E-state index in [1.165, 1.54) is 38.3 Å². The molecule has 230 valence electrons. The Balaban J connectivity index is 1.28. The van der Waals surface area contributed by atoms with Crippen LogP contribution in [-0.2, 0) is 0 Å². The second kappa shape index (κ2) is 11.0. The molecule has 0 atom stereocenters. The second-order valence-electron chi connectivity index (χ2n) is 12.5. The molecular formula is C46H30N2O. The fourth-order valence-corrected chi connectivity index (χ4v) is 7.64. The topological polar surface area (TPSA) is 21.3 Å². The number of hydrogen-bond acceptors (Lipinski definition) is 2. The minimum absolute atomic E-state index is 0.901. The lowest BCUT2D eigenvalue weighted by Crippen LogP contribution is -2.11. The van der Waals surface area contributed by atoms with Crippen LogP contribution in [0.25, 0.3) is 71.3 Å². The maximum atomic E-state index is 6.32. The Labute approximate surface area is 283 Å². The third-order valence-corrected chi connectivity index (χ3v) is 9.78. The minimum atomic E-state index is 0.901. The highest BCUT2D eigenvalue weighted by atomic mass is 16.3. The predicted molar refractivity (Wildman–Crippen MR) is 206 cm³/mol. The third kappa shape index (κ3) is 4.29. The molecule has 0 aliphatic heterocycles. The molecule has 0 N–H and O–H groups in total. The summed E-state index contributed by atoms with van der Waals surface area (Å²) in [4.78, 5) is 2.44. The molecule has 0 spiro atoms. The molecule has 2 heterocycles. The first kappa shape index (κ1) is 27.5. The first-order chi connectivity index (χ1) is 24.3. The van der Waals surface area contributed by atoms with Crippen molar-refractivity contribution < 1.29 is 4.42 Å². The zero-order valence-corrected chi connectivity index (χ0v) is 26.6. The molecule has 0 saturated carbocycles. The van der Waals surface area contributed by atoms with E-state index in [0.29, 0.717) is 0 Å². The van der Waals surface area contributed by atoms with Crippen molar-refractivity contribution in [3.05, 3.63) is 182 Å². The molecule has 10 aromatic rings. The number of para-hydroxylation sites is 3. The largest absolute Gasteiger partial charge is 0.456 e. The summed E-state index contributed by atoms with van der Waals surface area (Å²) in [5.74, 6) is 0. The zero-order chi connectivity index (χ0) is 32.3. The summed E-state index contributed by atoms with van der Waals surface area (Å²) in [7, 11) is 0. The summed E-state index contributed by atoms with van der Waals surface area (Å²) in [6.07, 6.45) is 0. The maximum absolute atomic E-state index is 6.32. The van der Waals surface area contributed by atoms with Crippen molar-refractivity contribution in [2.45, 2.75) is 0 Å². The fraction of sp³-hybridized carbons (Fsp3) is 0. The lowest BCUT2D eigenvalue weighted by atomic mass is 10.00. The summed E-state index contributed by atoms with van der Waals surface area (Å²) >= 11 is 0. The van der Waals surface area contributed by atoms with Gasteiger partial charge in [-0.1, -0.05) is 115 Å². The van der Waals surface area contributed by atoms with Crippen LogP contribution in [0.15, 0.2) is 186 Å². The van der Waals surface area contributed by atoms with Crippen LogP contribution < -0.4 is 4.90 Å². The zero-order valence-electron chi connectivity index (χ0n) is 26.6. The Kier molecular flexibility index (Phi) is 6.18. The van der Waals surface area contributed by atoms with Gasteiger partial charge >= 0.3 is 0 Å². The van der Waals surface area contributed by atoms with E-state index in [-0.39, 0.29) is 0 Å². The molecule has 0 bridgehead atoms. The van der Waals surface area contributed by atoms with Crippen LogP contribution in [0, 0.1) is 0 Å². The van der Waals surface area contributed by atoms with Crippen LogP contribution in [0.4, 0.5) is 17.1 Å². The van der Waals surface area contributed by atoms with Crippen LogP contribution >= 0.6 is 0 Å². The van der Waals surface area contributed by atoms with Crippen LogP contribution in [0.1, 0.15) is 0 Å². The van der Waals surface area contributed by atoms with Gasteiger partial charge in [0.15, 0.2) is 0 Å². The third-order valence-electron chi connectivity index (χ3n) is 9.78. The second-order valence-corrected chi connectivity index (χ2v) is 12.5. The monoisotopic (exact) mass is 626 g/mol. The molecule has 2 aromatic heterocycles. The van der Waals surface area contributed by atoms with Crippen LogP contribution in [-0.4, -0.2) is 4.57 Å². The first-order valence-corrected chi connectivity index (χ1v) is 16.7. The van der Waals surface area contributed by atoms with Gasteiger partial charge in [-0.2, -0.15) is 0 Å². The highest BCUT2D eigenvalue weighted by molar-refractivity contribution is 6.22. The van der Waals surface area contributed by atoms with Gasteiger partial charge in [0.05, 0.1) is 22.4 Å². The Morgan fingerprint density at radius 3 is 1.84 bits per heavy atom. The number of anilines is 3. The molecule has 0 saturated heterocycles. The van der Waals surface area contributed by atoms with E-state index in [2.05, 4.69) is 185 Å². The van der Waals surface area contributed by atoms with E-state index >= 15 is 0 Å². The molecule has 0 aliphatic rings. The summed E-state index contributed by atoms with van der Waals surface area (Å²) < 4.78 is 8.70. The summed E-state index contributed by atoms with van der Waals surface area (Å²) in [6, 6.07) is 65.0. The van der Waals surface area contributed by atoms with Gasteiger partial charge in [0.25, 0.3) is 0 Å². The molecule has 0 unspecified atom stereocenters. The van der Waals surface area contributed by atoms with Gasteiger partial charge < -0.3 is 13.9 Å². The quantitative estimate of drug-likeness (QED) is 0.190. The molecule has 3 nitrogen and oxygen atoms in total.